The first-order valence-corrected chi connectivity index (χ1v) is 5.65. The molecule has 2 nitrogen and oxygen atoms in total. The van der Waals surface area contributed by atoms with Gasteiger partial charge in [0.1, 0.15) is 0 Å². The molecular formula is C11H15Cl2NO. The molecule has 0 saturated heterocycles. The molecule has 0 fully saturated rings. The minimum Gasteiger partial charge on any atom is -0.396 e. The maximum atomic E-state index is 9.26. The van der Waals surface area contributed by atoms with Crippen molar-refractivity contribution in [3.05, 3.63) is 33.8 Å². The van der Waals surface area contributed by atoms with Crippen LogP contribution >= 0.6 is 23.2 Å². The van der Waals surface area contributed by atoms with Gasteiger partial charge in [0.05, 0.1) is 10.0 Å². The van der Waals surface area contributed by atoms with E-state index in [0.717, 1.165) is 18.5 Å². The minimum atomic E-state index is 0.118. The normalized spacial score (nSPS) is 12.8. The average Bonchev–Trinajstić information content (AvgIpc) is 2.24. The van der Waals surface area contributed by atoms with Crippen LogP contribution in [-0.4, -0.2) is 25.3 Å². The SMILES string of the molecule is CNCC[C@H](CO)c1ccc(Cl)c(Cl)c1. The highest BCUT2D eigenvalue weighted by Crippen LogP contribution is 2.27. The van der Waals surface area contributed by atoms with Gasteiger partial charge in [-0.05, 0) is 37.7 Å². The third-order valence-corrected chi connectivity index (χ3v) is 3.12. The van der Waals surface area contributed by atoms with E-state index in [4.69, 9.17) is 23.2 Å². The van der Waals surface area contributed by atoms with Crippen molar-refractivity contribution in [2.45, 2.75) is 12.3 Å². The van der Waals surface area contributed by atoms with Crippen molar-refractivity contribution in [3.8, 4) is 0 Å². The van der Waals surface area contributed by atoms with Crippen LogP contribution in [0.25, 0.3) is 0 Å². The summed E-state index contributed by atoms with van der Waals surface area (Å²) in [5.41, 5.74) is 1.03. The van der Waals surface area contributed by atoms with Crippen LogP contribution in [0.2, 0.25) is 10.0 Å². The Labute approximate surface area is 100 Å². The molecule has 0 saturated carbocycles. The van der Waals surface area contributed by atoms with Crippen molar-refractivity contribution in [2.24, 2.45) is 0 Å². The minimum absolute atomic E-state index is 0.118. The smallest absolute Gasteiger partial charge is 0.0595 e. The van der Waals surface area contributed by atoms with Crippen LogP contribution in [0.15, 0.2) is 18.2 Å². The van der Waals surface area contributed by atoms with Gasteiger partial charge in [0, 0.05) is 12.5 Å². The number of aliphatic hydroxyl groups is 1. The van der Waals surface area contributed by atoms with E-state index in [9.17, 15) is 5.11 Å². The van der Waals surface area contributed by atoms with Gasteiger partial charge in [-0.1, -0.05) is 29.3 Å². The monoisotopic (exact) mass is 247 g/mol. The fourth-order valence-electron chi connectivity index (χ4n) is 1.45. The molecule has 1 aromatic carbocycles. The highest BCUT2D eigenvalue weighted by molar-refractivity contribution is 6.42. The van der Waals surface area contributed by atoms with Crippen LogP contribution in [0, 0.1) is 0 Å². The molecule has 0 amide bonds. The summed E-state index contributed by atoms with van der Waals surface area (Å²) in [4.78, 5) is 0. The fraction of sp³-hybridized carbons (Fsp3) is 0.455. The van der Waals surface area contributed by atoms with Crippen molar-refractivity contribution in [1.82, 2.24) is 5.32 Å². The lowest BCUT2D eigenvalue weighted by Gasteiger charge is -2.14. The maximum absolute atomic E-state index is 9.26. The first-order chi connectivity index (χ1) is 7.19. The summed E-state index contributed by atoms with van der Waals surface area (Å²) in [6.07, 6.45) is 0.880. The predicted octanol–water partition coefficient (Wildman–Crippen LogP) is 2.68. The lowest BCUT2D eigenvalue weighted by Crippen LogP contribution is -2.14. The first-order valence-electron chi connectivity index (χ1n) is 4.89. The van der Waals surface area contributed by atoms with Crippen LogP contribution in [0.1, 0.15) is 17.9 Å². The number of nitrogens with one attached hydrogen (secondary N) is 1. The Balaban J connectivity index is 2.78. The zero-order valence-electron chi connectivity index (χ0n) is 8.63. The summed E-state index contributed by atoms with van der Waals surface area (Å²) in [5, 5.41) is 13.4. The van der Waals surface area contributed by atoms with Gasteiger partial charge < -0.3 is 10.4 Å². The maximum Gasteiger partial charge on any atom is 0.0595 e. The van der Waals surface area contributed by atoms with E-state index in [1.54, 1.807) is 6.07 Å². The molecule has 1 aromatic rings. The second-order valence-corrected chi connectivity index (χ2v) is 4.26. The molecule has 0 aromatic heterocycles. The summed E-state index contributed by atoms with van der Waals surface area (Å²) in [7, 11) is 1.89. The zero-order valence-corrected chi connectivity index (χ0v) is 10.1. The van der Waals surface area contributed by atoms with E-state index in [0.29, 0.717) is 10.0 Å². The summed E-state index contributed by atoms with van der Waals surface area (Å²) in [6, 6.07) is 5.49. The number of hydrogen-bond donors (Lipinski definition) is 2. The second kappa shape index (κ2) is 6.33. The van der Waals surface area contributed by atoms with Gasteiger partial charge in [0.15, 0.2) is 0 Å². The molecule has 0 aliphatic carbocycles. The van der Waals surface area contributed by atoms with E-state index in [1.165, 1.54) is 0 Å². The van der Waals surface area contributed by atoms with E-state index < -0.39 is 0 Å². The summed E-state index contributed by atoms with van der Waals surface area (Å²) >= 11 is 11.7. The molecule has 15 heavy (non-hydrogen) atoms. The Kier molecular flexibility index (Phi) is 5.40. The lowest BCUT2D eigenvalue weighted by atomic mass is 9.97. The number of halogens is 2. The second-order valence-electron chi connectivity index (χ2n) is 3.45. The molecule has 0 bridgehead atoms. The van der Waals surface area contributed by atoms with E-state index >= 15 is 0 Å². The van der Waals surface area contributed by atoms with Crippen LogP contribution in [0.4, 0.5) is 0 Å². The summed E-state index contributed by atoms with van der Waals surface area (Å²) < 4.78 is 0. The summed E-state index contributed by atoms with van der Waals surface area (Å²) in [6.45, 7) is 0.991. The van der Waals surface area contributed by atoms with Gasteiger partial charge in [-0.2, -0.15) is 0 Å². The number of rotatable bonds is 5. The quantitative estimate of drug-likeness (QED) is 0.839. The molecule has 0 heterocycles. The molecule has 0 unspecified atom stereocenters. The lowest BCUT2D eigenvalue weighted by molar-refractivity contribution is 0.259. The highest BCUT2D eigenvalue weighted by Gasteiger charge is 2.11. The molecule has 0 spiro atoms. The Hall–Kier alpha value is -0.280. The molecule has 84 valence electrons. The number of benzene rings is 1. The Bertz CT molecular complexity index is 317. The highest BCUT2D eigenvalue weighted by atomic mass is 35.5. The van der Waals surface area contributed by atoms with Crippen LogP contribution in [0.3, 0.4) is 0 Å². The first kappa shape index (κ1) is 12.8. The largest absolute Gasteiger partial charge is 0.396 e. The molecular weight excluding hydrogens is 233 g/mol. The van der Waals surface area contributed by atoms with Crippen molar-refractivity contribution >= 4 is 23.2 Å². The van der Waals surface area contributed by atoms with E-state index in [2.05, 4.69) is 5.32 Å². The third kappa shape index (κ3) is 3.65. The van der Waals surface area contributed by atoms with Gasteiger partial charge in [-0.25, -0.2) is 0 Å². The molecule has 1 atom stereocenters. The van der Waals surface area contributed by atoms with Gasteiger partial charge in [0.25, 0.3) is 0 Å². The Morgan fingerprint density at radius 2 is 2.07 bits per heavy atom. The molecule has 0 aliphatic rings. The Morgan fingerprint density at radius 1 is 1.33 bits per heavy atom. The van der Waals surface area contributed by atoms with Gasteiger partial charge in [0.2, 0.25) is 0 Å². The third-order valence-electron chi connectivity index (χ3n) is 2.38. The van der Waals surface area contributed by atoms with Gasteiger partial charge in [-0.3, -0.25) is 0 Å². The topological polar surface area (TPSA) is 32.3 Å². The zero-order chi connectivity index (χ0) is 11.3. The van der Waals surface area contributed by atoms with E-state index in [1.807, 2.05) is 19.2 Å². The van der Waals surface area contributed by atoms with Gasteiger partial charge in [-0.15, -0.1) is 0 Å². The fourth-order valence-corrected chi connectivity index (χ4v) is 1.75. The summed E-state index contributed by atoms with van der Waals surface area (Å²) in [5.74, 6) is 0.118. The Morgan fingerprint density at radius 3 is 2.60 bits per heavy atom. The molecule has 0 radical (unpaired) electrons. The molecule has 1 rings (SSSR count). The van der Waals surface area contributed by atoms with Crippen molar-refractivity contribution in [1.29, 1.82) is 0 Å². The molecule has 2 N–H and O–H groups in total. The molecule has 4 heteroatoms. The number of hydrogen-bond acceptors (Lipinski definition) is 2. The number of aliphatic hydroxyl groups excluding tert-OH is 1. The van der Waals surface area contributed by atoms with E-state index in [-0.39, 0.29) is 12.5 Å². The predicted molar refractivity (Wildman–Crippen MR) is 64.8 cm³/mol. The van der Waals surface area contributed by atoms with Crippen molar-refractivity contribution < 1.29 is 5.11 Å². The van der Waals surface area contributed by atoms with Gasteiger partial charge >= 0.3 is 0 Å². The van der Waals surface area contributed by atoms with Crippen LogP contribution < -0.4 is 5.32 Å². The molecule has 0 aliphatic heterocycles. The average molecular weight is 248 g/mol. The van der Waals surface area contributed by atoms with Crippen molar-refractivity contribution in [3.63, 3.8) is 0 Å². The van der Waals surface area contributed by atoms with Crippen LogP contribution in [0.5, 0.6) is 0 Å². The van der Waals surface area contributed by atoms with Crippen molar-refractivity contribution in [2.75, 3.05) is 20.2 Å². The standard InChI is InChI=1S/C11H15Cl2NO/c1-14-5-4-9(7-15)8-2-3-10(12)11(13)6-8/h2-3,6,9,14-15H,4-5,7H2,1H3/t9-/m1/s1. The van der Waals surface area contributed by atoms with Crippen LogP contribution in [-0.2, 0) is 0 Å².